The molecule has 0 aromatic carbocycles. The van der Waals surface area contributed by atoms with Crippen molar-refractivity contribution >= 4 is 6.29 Å². The zero-order valence-corrected chi connectivity index (χ0v) is 7.47. The Balaban J connectivity index is 2.43. The lowest BCUT2D eigenvalue weighted by Crippen LogP contribution is -2.19. The second kappa shape index (κ2) is 2.32. The number of carbonyl (C=O) groups is 1. The van der Waals surface area contributed by atoms with Crippen LogP contribution >= 0.6 is 0 Å². The van der Waals surface area contributed by atoms with Gasteiger partial charge in [0.25, 0.3) is 0 Å². The predicted octanol–water partition coefficient (Wildman–Crippen LogP) is 2.49. The quantitative estimate of drug-likeness (QED) is 0.450. The molecule has 1 heteroatoms. The average Bonchev–Trinajstić information content (AvgIpc) is 2.60. The van der Waals surface area contributed by atoms with Gasteiger partial charge in [0.1, 0.15) is 6.29 Å². The molecule has 2 rings (SSSR count). The van der Waals surface area contributed by atoms with E-state index >= 15 is 0 Å². The van der Waals surface area contributed by atoms with Gasteiger partial charge < -0.3 is 0 Å². The molecule has 12 heavy (non-hydrogen) atoms. The van der Waals surface area contributed by atoms with E-state index in [1.165, 1.54) is 12.0 Å². The molecule has 0 heterocycles. The fraction of sp³-hybridized carbons (Fsp3) is 0.545. The van der Waals surface area contributed by atoms with E-state index in [1.54, 1.807) is 0 Å². The molecule has 0 N–H and O–H groups in total. The maximum Gasteiger partial charge on any atom is 0.146 e. The van der Waals surface area contributed by atoms with E-state index in [1.807, 2.05) is 6.92 Å². The minimum absolute atomic E-state index is 0.0758. The molecule has 0 saturated heterocycles. The summed E-state index contributed by atoms with van der Waals surface area (Å²) in [5.74, 6) is 0.655. The summed E-state index contributed by atoms with van der Waals surface area (Å²) in [6.45, 7) is 6.05. The standard InChI is InChI=1S/C11H14O/c1-8(2)11-4-3-9(6-11)5-10(11)7-12/h5,7,9H,1,3-4,6H2,2H3. The van der Waals surface area contributed by atoms with Crippen molar-refractivity contribution in [2.45, 2.75) is 26.2 Å². The average molecular weight is 162 g/mol. The monoisotopic (exact) mass is 162 g/mol. The number of carbonyl (C=O) groups excluding carboxylic acids is 1. The van der Waals surface area contributed by atoms with Gasteiger partial charge in [-0.1, -0.05) is 18.2 Å². The zero-order chi connectivity index (χ0) is 8.77. The van der Waals surface area contributed by atoms with Gasteiger partial charge in [0.05, 0.1) is 0 Å². The zero-order valence-electron chi connectivity index (χ0n) is 7.47. The van der Waals surface area contributed by atoms with Crippen LogP contribution in [0.3, 0.4) is 0 Å². The van der Waals surface area contributed by atoms with Gasteiger partial charge in [-0.2, -0.15) is 0 Å². The summed E-state index contributed by atoms with van der Waals surface area (Å²) in [5.41, 5.74) is 2.24. The van der Waals surface area contributed by atoms with Gasteiger partial charge in [0.2, 0.25) is 0 Å². The van der Waals surface area contributed by atoms with Crippen molar-refractivity contribution < 1.29 is 4.79 Å². The molecule has 2 aliphatic rings. The Labute approximate surface area is 73.2 Å². The molecule has 1 fully saturated rings. The van der Waals surface area contributed by atoms with E-state index < -0.39 is 0 Å². The summed E-state index contributed by atoms with van der Waals surface area (Å²) >= 11 is 0. The fourth-order valence-electron chi connectivity index (χ4n) is 2.69. The molecule has 0 spiro atoms. The maximum absolute atomic E-state index is 10.8. The van der Waals surface area contributed by atoms with Crippen molar-refractivity contribution in [1.82, 2.24) is 0 Å². The van der Waals surface area contributed by atoms with Gasteiger partial charge in [0, 0.05) is 5.41 Å². The molecule has 2 bridgehead atoms. The summed E-state index contributed by atoms with van der Waals surface area (Å²) in [4.78, 5) is 10.8. The van der Waals surface area contributed by atoms with Gasteiger partial charge in [-0.3, -0.25) is 4.79 Å². The van der Waals surface area contributed by atoms with Crippen molar-refractivity contribution in [3.63, 3.8) is 0 Å². The Kier molecular flexibility index (Phi) is 1.50. The van der Waals surface area contributed by atoms with Crippen molar-refractivity contribution in [2.24, 2.45) is 11.3 Å². The smallest absolute Gasteiger partial charge is 0.146 e. The molecule has 1 saturated carbocycles. The van der Waals surface area contributed by atoms with Crippen LogP contribution in [0.4, 0.5) is 0 Å². The Hall–Kier alpha value is -0.850. The highest BCUT2D eigenvalue weighted by atomic mass is 16.1. The van der Waals surface area contributed by atoms with E-state index in [2.05, 4.69) is 12.7 Å². The van der Waals surface area contributed by atoms with Gasteiger partial charge in [-0.15, -0.1) is 0 Å². The van der Waals surface area contributed by atoms with Crippen LogP contribution in [0.25, 0.3) is 0 Å². The summed E-state index contributed by atoms with van der Waals surface area (Å²) in [7, 11) is 0. The lowest BCUT2D eigenvalue weighted by atomic mass is 9.76. The highest BCUT2D eigenvalue weighted by molar-refractivity contribution is 5.78. The lowest BCUT2D eigenvalue weighted by molar-refractivity contribution is -0.105. The molecule has 2 aliphatic carbocycles. The number of fused-ring (bicyclic) bond motifs is 2. The van der Waals surface area contributed by atoms with Crippen LogP contribution < -0.4 is 0 Å². The minimum Gasteiger partial charge on any atom is -0.298 e. The van der Waals surface area contributed by atoms with Crippen LogP contribution in [-0.4, -0.2) is 6.29 Å². The van der Waals surface area contributed by atoms with Gasteiger partial charge in [-0.05, 0) is 37.7 Å². The Morgan fingerprint density at radius 3 is 3.00 bits per heavy atom. The first-order valence-corrected chi connectivity index (χ1v) is 4.52. The molecule has 64 valence electrons. The van der Waals surface area contributed by atoms with E-state index in [-0.39, 0.29) is 5.41 Å². The number of hydrogen-bond donors (Lipinski definition) is 0. The molecule has 0 radical (unpaired) electrons. The van der Waals surface area contributed by atoms with Crippen molar-refractivity contribution in [2.75, 3.05) is 0 Å². The molecule has 2 atom stereocenters. The third-order valence-corrected chi connectivity index (χ3v) is 3.46. The molecule has 2 unspecified atom stereocenters. The largest absolute Gasteiger partial charge is 0.298 e. The van der Waals surface area contributed by atoms with E-state index in [0.29, 0.717) is 5.92 Å². The Morgan fingerprint density at radius 1 is 1.83 bits per heavy atom. The molecule has 0 aromatic rings. The van der Waals surface area contributed by atoms with Crippen LogP contribution in [0, 0.1) is 11.3 Å². The van der Waals surface area contributed by atoms with Crippen LogP contribution in [0.15, 0.2) is 23.8 Å². The third kappa shape index (κ3) is 0.767. The Morgan fingerprint density at radius 2 is 2.58 bits per heavy atom. The van der Waals surface area contributed by atoms with Crippen LogP contribution in [0.2, 0.25) is 0 Å². The summed E-state index contributed by atoms with van der Waals surface area (Å²) < 4.78 is 0. The van der Waals surface area contributed by atoms with Gasteiger partial charge in [0.15, 0.2) is 0 Å². The molecule has 0 aromatic heterocycles. The van der Waals surface area contributed by atoms with Crippen LogP contribution in [0.1, 0.15) is 26.2 Å². The van der Waals surface area contributed by atoms with Crippen molar-refractivity contribution in [1.29, 1.82) is 0 Å². The summed E-state index contributed by atoms with van der Waals surface area (Å²) in [6, 6.07) is 0. The van der Waals surface area contributed by atoms with E-state index in [4.69, 9.17) is 0 Å². The third-order valence-electron chi connectivity index (χ3n) is 3.46. The first-order chi connectivity index (χ1) is 5.69. The van der Waals surface area contributed by atoms with Crippen LogP contribution in [0.5, 0.6) is 0 Å². The van der Waals surface area contributed by atoms with Gasteiger partial charge in [-0.25, -0.2) is 0 Å². The second-order valence-corrected chi connectivity index (χ2v) is 4.11. The highest BCUT2D eigenvalue weighted by Gasteiger charge is 2.46. The number of hydrogen-bond acceptors (Lipinski definition) is 1. The first kappa shape index (κ1) is 7.78. The fourth-order valence-corrected chi connectivity index (χ4v) is 2.69. The molecular formula is C11H14O. The SMILES string of the molecule is C=C(C)C12CCC(C=C1C=O)C2. The molecular weight excluding hydrogens is 148 g/mol. The van der Waals surface area contributed by atoms with Crippen LogP contribution in [-0.2, 0) is 4.79 Å². The van der Waals surface area contributed by atoms with Crippen molar-refractivity contribution in [3.8, 4) is 0 Å². The predicted molar refractivity (Wildman–Crippen MR) is 48.7 cm³/mol. The number of allylic oxidation sites excluding steroid dienone is 3. The minimum atomic E-state index is 0.0758. The Bertz CT molecular complexity index is 275. The summed E-state index contributed by atoms with van der Waals surface area (Å²) in [5, 5.41) is 0. The molecule has 0 aliphatic heterocycles. The number of aldehydes is 1. The van der Waals surface area contributed by atoms with Crippen molar-refractivity contribution in [3.05, 3.63) is 23.8 Å². The molecule has 1 nitrogen and oxygen atoms in total. The summed E-state index contributed by atoms with van der Waals surface area (Å²) in [6.07, 6.45) is 6.68. The van der Waals surface area contributed by atoms with E-state index in [0.717, 1.165) is 24.7 Å². The topological polar surface area (TPSA) is 17.1 Å². The highest BCUT2D eigenvalue weighted by Crippen LogP contribution is 2.56. The first-order valence-electron chi connectivity index (χ1n) is 4.52. The second-order valence-electron chi connectivity index (χ2n) is 4.11. The maximum atomic E-state index is 10.8. The van der Waals surface area contributed by atoms with E-state index in [9.17, 15) is 4.79 Å². The molecule has 0 amide bonds. The number of rotatable bonds is 2. The van der Waals surface area contributed by atoms with Gasteiger partial charge >= 0.3 is 0 Å². The lowest BCUT2D eigenvalue weighted by Gasteiger charge is -2.27. The normalized spacial score (nSPS) is 38.1.